The van der Waals surface area contributed by atoms with Crippen LogP contribution >= 0.6 is 0 Å². The Morgan fingerprint density at radius 3 is 2.55 bits per heavy atom. The van der Waals surface area contributed by atoms with Gasteiger partial charge in [-0.15, -0.1) is 0 Å². The van der Waals surface area contributed by atoms with Crippen molar-refractivity contribution < 1.29 is 0 Å². The molecule has 0 saturated carbocycles. The molecule has 1 heteroatoms. The van der Waals surface area contributed by atoms with Crippen LogP contribution in [0.4, 0.5) is 0 Å². The molecule has 0 spiro atoms. The smallest absolute Gasteiger partial charge is 0.0181 e. The third-order valence-corrected chi connectivity index (χ3v) is 2.81. The third-order valence-electron chi connectivity index (χ3n) is 2.81. The van der Waals surface area contributed by atoms with Crippen LogP contribution < -0.4 is 5.32 Å². The molecule has 1 atom stereocenters. The maximum absolute atomic E-state index is 3.65. The highest BCUT2D eigenvalue weighted by Gasteiger charge is 2.31. The van der Waals surface area contributed by atoms with E-state index in [1.807, 2.05) is 0 Å². The lowest BCUT2D eigenvalue weighted by Gasteiger charge is -2.30. The molecule has 0 bridgehead atoms. The minimum absolute atomic E-state index is 0.508. The van der Waals surface area contributed by atoms with Crippen LogP contribution in [0.3, 0.4) is 0 Å². The molecule has 1 heterocycles. The quantitative estimate of drug-likeness (QED) is 0.660. The van der Waals surface area contributed by atoms with Gasteiger partial charge in [0.2, 0.25) is 0 Å². The third kappa shape index (κ3) is 2.19. The van der Waals surface area contributed by atoms with E-state index in [1.165, 1.54) is 32.2 Å². The van der Waals surface area contributed by atoms with Gasteiger partial charge in [0.15, 0.2) is 0 Å². The van der Waals surface area contributed by atoms with E-state index >= 15 is 0 Å². The van der Waals surface area contributed by atoms with E-state index in [1.54, 1.807) is 0 Å². The summed E-state index contributed by atoms with van der Waals surface area (Å²) in [6.45, 7) is 8.18. The number of hydrogen-bond donors (Lipinski definition) is 1. The van der Waals surface area contributed by atoms with Gasteiger partial charge >= 0.3 is 0 Å². The second kappa shape index (κ2) is 3.57. The van der Waals surface area contributed by atoms with Crippen LogP contribution in [0.25, 0.3) is 0 Å². The lowest BCUT2D eigenvalue weighted by Crippen LogP contribution is -2.40. The van der Waals surface area contributed by atoms with Crippen molar-refractivity contribution in [2.45, 2.75) is 52.0 Å². The van der Waals surface area contributed by atoms with Gasteiger partial charge in [0.05, 0.1) is 0 Å². The fourth-order valence-corrected chi connectivity index (χ4v) is 2.27. The SMILES string of the molecule is CCC1(CC(C)C)CCCN1. The van der Waals surface area contributed by atoms with Gasteiger partial charge in [0, 0.05) is 5.54 Å². The van der Waals surface area contributed by atoms with Gasteiger partial charge in [-0.2, -0.15) is 0 Å². The topological polar surface area (TPSA) is 12.0 Å². The summed E-state index contributed by atoms with van der Waals surface area (Å²) in [6.07, 6.45) is 5.41. The van der Waals surface area contributed by atoms with Crippen molar-refractivity contribution in [1.29, 1.82) is 0 Å². The van der Waals surface area contributed by atoms with Crippen molar-refractivity contribution >= 4 is 0 Å². The second-order valence-corrected chi connectivity index (χ2v) is 4.26. The lowest BCUT2D eigenvalue weighted by molar-refractivity contribution is 0.294. The molecule has 0 amide bonds. The van der Waals surface area contributed by atoms with E-state index < -0.39 is 0 Å². The van der Waals surface area contributed by atoms with Crippen LogP contribution in [0.1, 0.15) is 46.5 Å². The molecule has 66 valence electrons. The van der Waals surface area contributed by atoms with Crippen molar-refractivity contribution in [3.63, 3.8) is 0 Å². The van der Waals surface area contributed by atoms with E-state index in [4.69, 9.17) is 0 Å². The highest BCUT2D eigenvalue weighted by Crippen LogP contribution is 2.29. The number of nitrogens with one attached hydrogen (secondary N) is 1. The zero-order valence-corrected chi connectivity index (χ0v) is 8.11. The maximum Gasteiger partial charge on any atom is 0.0181 e. The summed E-state index contributed by atoms with van der Waals surface area (Å²) in [5.41, 5.74) is 0.508. The molecular weight excluding hydrogens is 134 g/mol. The normalized spacial score (nSPS) is 31.6. The van der Waals surface area contributed by atoms with Gasteiger partial charge in [-0.1, -0.05) is 20.8 Å². The molecule has 1 saturated heterocycles. The average molecular weight is 155 g/mol. The van der Waals surface area contributed by atoms with Gasteiger partial charge in [-0.25, -0.2) is 0 Å². The van der Waals surface area contributed by atoms with Gasteiger partial charge in [0.25, 0.3) is 0 Å². The molecule has 0 aliphatic carbocycles. The highest BCUT2D eigenvalue weighted by molar-refractivity contribution is 4.92. The molecule has 1 nitrogen and oxygen atoms in total. The van der Waals surface area contributed by atoms with Gasteiger partial charge < -0.3 is 5.32 Å². The summed E-state index contributed by atoms with van der Waals surface area (Å²) in [5, 5.41) is 3.65. The maximum atomic E-state index is 3.65. The summed E-state index contributed by atoms with van der Waals surface area (Å²) in [4.78, 5) is 0. The Bertz CT molecular complexity index is 112. The Labute approximate surface area is 70.6 Å². The molecule has 1 N–H and O–H groups in total. The summed E-state index contributed by atoms with van der Waals surface area (Å²) in [7, 11) is 0. The molecule has 11 heavy (non-hydrogen) atoms. The van der Waals surface area contributed by atoms with E-state index in [-0.39, 0.29) is 0 Å². The second-order valence-electron chi connectivity index (χ2n) is 4.26. The molecule has 0 radical (unpaired) electrons. The van der Waals surface area contributed by atoms with E-state index in [2.05, 4.69) is 26.1 Å². The Hall–Kier alpha value is -0.0400. The highest BCUT2D eigenvalue weighted by atomic mass is 15.0. The Morgan fingerprint density at radius 1 is 1.45 bits per heavy atom. The van der Waals surface area contributed by atoms with Crippen LogP contribution in [0.5, 0.6) is 0 Å². The molecule has 1 aliphatic rings. The minimum atomic E-state index is 0.508. The Balaban J connectivity index is 2.45. The van der Waals surface area contributed by atoms with Crippen LogP contribution in [0.2, 0.25) is 0 Å². The summed E-state index contributed by atoms with van der Waals surface area (Å²) in [6, 6.07) is 0. The molecular formula is C10H21N. The van der Waals surface area contributed by atoms with Gasteiger partial charge in [0.1, 0.15) is 0 Å². The minimum Gasteiger partial charge on any atom is -0.311 e. The Kier molecular flexibility index (Phi) is 2.94. The first kappa shape index (κ1) is 9.05. The Morgan fingerprint density at radius 2 is 2.18 bits per heavy atom. The monoisotopic (exact) mass is 155 g/mol. The van der Waals surface area contributed by atoms with Crippen molar-refractivity contribution in [2.75, 3.05) is 6.54 Å². The number of rotatable bonds is 3. The first-order valence-corrected chi connectivity index (χ1v) is 4.93. The molecule has 0 aromatic heterocycles. The zero-order chi connectivity index (χ0) is 8.32. The standard InChI is InChI=1S/C10H21N/c1-4-10(8-9(2)3)6-5-7-11-10/h9,11H,4-8H2,1-3H3. The largest absolute Gasteiger partial charge is 0.311 e. The molecule has 1 aliphatic heterocycles. The van der Waals surface area contributed by atoms with Crippen molar-refractivity contribution in [1.82, 2.24) is 5.32 Å². The molecule has 0 aromatic carbocycles. The summed E-state index contributed by atoms with van der Waals surface area (Å²) >= 11 is 0. The number of hydrogen-bond acceptors (Lipinski definition) is 1. The van der Waals surface area contributed by atoms with E-state index in [0.717, 1.165) is 5.92 Å². The first-order chi connectivity index (χ1) is 5.18. The van der Waals surface area contributed by atoms with E-state index in [9.17, 15) is 0 Å². The van der Waals surface area contributed by atoms with E-state index in [0.29, 0.717) is 5.54 Å². The summed E-state index contributed by atoms with van der Waals surface area (Å²) < 4.78 is 0. The fourth-order valence-electron chi connectivity index (χ4n) is 2.27. The predicted octanol–water partition coefficient (Wildman–Crippen LogP) is 2.56. The van der Waals surface area contributed by atoms with Gasteiger partial charge in [-0.3, -0.25) is 0 Å². The molecule has 1 rings (SSSR count). The first-order valence-electron chi connectivity index (χ1n) is 4.93. The molecule has 0 aromatic rings. The van der Waals surface area contributed by atoms with Crippen LogP contribution in [0, 0.1) is 5.92 Å². The van der Waals surface area contributed by atoms with Gasteiger partial charge in [-0.05, 0) is 38.1 Å². The lowest BCUT2D eigenvalue weighted by atomic mass is 9.85. The molecule has 1 fully saturated rings. The van der Waals surface area contributed by atoms with Crippen molar-refractivity contribution in [3.05, 3.63) is 0 Å². The van der Waals surface area contributed by atoms with Crippen molar-refractivity contribution in [3.8, 4) is 0 Å². The summed E-state index contributed by atoms with van der Waals surface area (Å²) in [5.74, 6) is 0.834. The zero-order valence-electron chi connectivity index (χ0n) is 8.11. The molecule has 1 unspecified atom stereocenters. The predicted molar refractivity (Wildman–Crippen MR) is 49.7 cm³/mol. The van der Waals surface area contributed by atoms with Crippen LogP contribution in [0.15, 0.2) is 0 Å². The van der Waals surface area contributed by atoms with Crippen LogP contribution in [-0.4, -0.2) is 12.1 Å². The van der Waals surface area contributed by atoms with Crippen molar-refractivity contribution in [2.24, 2.45) is 5.92 Å². The van der Waals surface area contributed by atoms with Crippen LogP contribution in [-0.2, 0) is 0 Å². The fraction of sp³-hybridized carbons (Fsp3) is 1.00. The average Bonchev–Trinajstić information content (AvgIpc) is 2.36.